The van der Waals surface area contributed by atoms with E-state index in [0.717, 1.165) is 5.56 Å². The molecule has 3 rings (SSSR count). The molecule has 138 valence electrons. The lowest BCUT2D eigenvalue weighted by Gasteiger charge is -2.20. The second kappa shape index (κ2) is 8.52. The molecule has 0 unspecified atom stereocenters. The van der Waals surface area contributed by atoms with Gasteiger partial charge in [0.1, 0.15) is 11.9 Å². The number of halogens is 2. The number of carbonyl (C=O) groups is 1. The lowest BCUT2D eigenvalue weighted by Crippen LogP contribution is -2.43. The van der Waals surface area contributed by atoms with Crippen molar-refractivity contribution in [2.24, 2.45) is 0 Å². The first-order valence-corrected chi connectivity index (χ1v) is 8.07. The van der Waals surface area contributed by atoms with Gasteiger partial charge in [0.2, 0.25) is 0 Å². The van der Waals surface area contributed by atoms with Crippen LogP contribution >= 0.6 is 0 Å². The van der Waals surface area contributed by atoms with Crippen molar-refractivity contribution in [3.8, 4) is 5.75 Å². The number of hydrogen-bond acceptors (Lipinski definition) is 5. The Balaban J connectivity index is 1.49. The van der Waals surface area contributed by atoms with Gasteiger partial charge in [-0.3, -0.25) is 9.97 Å². The van der Waals surface area contributed by atoms with Gasteiger partial charge in [-0.25, -0.2) is 4.79 Å². The largest absolute Gasteiger partial charge is 0.433 e. The molecule has 2 aromatic rings. The van der Waals surface area contributed by atoms with E-state index in [1.807, 2.05) is 12.1 Å². The fourth-order valence-electron chi connectivity index (χ4n) is 2.69. The van der Waals surface area contributed by atoms with Gasteiger partial charge in [-0.15, -0.1) is 0 Å². The van der Waals surface area contributed by atoms with Gasteiger partial charge >= 0.3 is 12.6 Å². The van der Waals surface area contributed by atoms with Gasteiger partial charge in [0.25, 0.3) is 0 Å². The Morgan fingerprint density at radius 3 is 2.92 bits per heavy atom. The molecular formula is C17H18F2N4O3. The van der Waals surface area contributed by atoms with Crippen molar-refractivity contribution in [2.75, 3.05) is 6.61 Å². The summed E-state index contributed by atoms with van der Waals surface area (Å²) in [6, 6.07) is 6.09. The first kappa shape index (κ1) is 18.0. The minimum absolute atomic E-state index is 0.0318. The Bertz CT molecular complexity index is 716. The molecule has 26 heavy (non-hydrogen) atoms. The van der Waals surface area contributed by atoms with Crippen molar-refractivity contribution in [3.05, 3.63) is 54.1 Å². The van der Waals surface area contributed by atoms with Crippen LogP contribution in [0.1, 0.15) is 23.8 Å². The summed E-state index contributed by atoms with van der Waals surface area (Å²) in [5, 5.41) is 5.57. The van der Waals surface area contributed by atoms with Crippen molar-refractivity contribution in [3.63, 3.8) is 0 Å². The second-order valence-electron chi connectivity index (χ2n) is 5.66. The van der Waals surface area contributed by atoms with Crippen LogP contribution < -0.4 is 15.4 Å². The third-order valence-corrected chi connectivity index (χ3v) is 3.87. The minimum atomic E-state index is -2.90. The van der Waals surface area contributed by atoms with E-state index < -0.39 is 6.61 Å². The van der Waals surface area contributed by atoms with Crippen molar-refractivity contribution in [2.45, 2.75) is 31.7 Å². The molecule has 7 nitrogen and oxygen atoms in total. The van der Waals surface area contributed by atoms with Crippen molar-refractivity contribution in [1.29, 1.82) is 0 Å². The molecule has 1 aliphatic rings. The molecule has 0 radical (unpaired) electrons. The number of ether oxygens (including phenoxy) is 2. The average molecular weight is 364 g/mol. The van der Waals surface area contributed by atoms with Crippen molar-refractivity contribution >= 4 is 6.03 Å². The first-order chi connectivity index (χ1) is 12.6. The normalized spacial score (nSPS) is 19.3. The Hall–Kier alpha value is -2.81. The number of nitrogens with one attached hydrogen (secondary N) is 2. The highest BCUT2D eigenvalue weighted by molar-refractivity contribution is 5.74. The van der Waals surface area contributed by atoms with Crippen LogP contribution in [0.2, 0.25) is 0 Å². The van der Waals surface area contributed by atoms with E-state index in [9.17, 15) is 13.6 Å². The molecule has 0 saturated carbocycles. The maximum absolute atomic E-state index is 12.1. The number of rotatable bonds is 6. The molecule has 1 fully saturated rings. The number of nitrogens with zero attached hydrogens (tertiary/aromatic N) is 2. The molecule has 0 bridgehead atoms. The van der Waals surface area contributed by atoms with Gasteiger partial charge in [0.05, 0.1) is 24.5 Å². The van der Waals surface area contributed by atoms with Crippen LogP contribution in [0.4, 0.5) is 13.6 Å². The van der Waals surface area contributed by atoms with Crippen LogP contribution in [0.5, 0.6) is 5.75 Å². The summed E-state index contributed by atoms with van der Waals surface area (Å²) in [6.07, 6.45) is 5.04. The quantitative estimate of drug-likeness (QED) is 0.822. The molecule has 2 N–H and O–H groups in total. The third-order valence-electron chi connectivity index (χ3n) is 3.87. The fourth-order valence-corrected chi connectivity index (χ4v) is 2.69. The van der Waals surface area contributed by atoms with Gasteiger partial charge in [-0.05, 0) is 24.6 Å². The molecule has 3 heterocycles. The molecule has 2 atom stereocenters. The Labute approximate surface area is 148 Å². The van der Waals surface area contributed by atoms with E-state index in [2.05, 4.69) is 25.3 Å². The molecule has 1 aliphatic heterocycles. The highest BCUT2D eigenvalue weighted by Gasteiger charge is 2.31. The molecule has 9 heteroatoms. The van der Waals surface area contributed by atoms with Crippen LogP contribution in [0.15, 0.2) is 42.9 Å². The summed E-state index contributed by atoms with van der Waals surface area (Å²) >= 11 is 0. The van der Waals surface area contributed by atoms with Gasteiger partial charge in [-0.2, -0.15) is 8.78 Å². The molecule has 1 saturated heterocycles. The van der Waals surface area contributed by atoms with Crippen molar-refractivity contribution < 1.29 is 23.0 Å². The van der Waals surface area contributed by atoms with E-state index in [-0.39, 0.29) is 30.5 Å². The summed E-state index contributed by atoms with van der Waals surface area (Å²) < 4.78 is 34.1. The predicted octanol–water partition coefficient (Wildman–Crippen LogP) is 2.41. The topological polar surface area (TPSA) is 85.4 Å². The lowest BCUT2D eigenvalue weighted by atomic mass is 10.0. The van der Waals surface area contributed by atoms with Crippen LogP contribution in [-0.2, 0) is 11.3 Å². The lowest BCUT2D eigenvalue weighted by molar-refractivity contribution is -0.0500. The highest BCUT2D eigenvalue weighted by Crippen LogP contribution is 2.28. The average Bonchev–Trinajstić information content (AvgIpc) is 3.09. The fraction of sp³-hybridized carbons (Fsp3) is 0.353. The number of pyridine rings is 2. The van der Waals surface area contributed by atoms with Crippen LogP contribution in [-0.4, -0.2) is 35.3 Å². The summed E-state index contributed by atoms with van der Waals surface area (Å²) in [7, 11) is 0. The number of alkyl halides is 2. The number of urea groups is 1. The van der Waals surface area contributed by atoms with Gasteiger partial charge in [0.15, 0.2) is 0 Å². The molecule has 2 amide bonds. The molecular weight excluding hydrogens is 346 g/mol. The maximum Gasteiger partial charge on any atom is 0.387 e. The Morgan fingerprint density at radius 2 is 2.23 bits per heavy atom. The van der Waals surface area contributed by atoms with E-state index in [0.29, 0.717) is 18.7 Å². The Morgan fingerprint density at radius 1 is 1.35 bits per heavy atom. The SMILES string of the molecule is O=C(NCc1ccc(OC(F)F)cn1)N[C@@H]1CCO[C@H]1c1cccnc1. The third kappa shape index (κ3) is 4.85. The van der Waals surface area contributed by atoms with Gasteiger partial charge < -0.3 is 20.1 Å². The van der Waals surface area contributed by atoms with Gasteiger partial charge in [-0.1, -0.05) is 6.07 Å². The van der Waals surface area contributed by atoms with Crippen molar-refractivity contribution in [1.82, 2.24) is 20.6 Å². The van der Waals surface area contributed by atoms with Crippen LogP contribution in [0.3, 0.4) is 0 Å². The number of aromatic nitrogens is 2. The van der Waals surface area contributed by atoms with E-state index >= 15 is 0 Å². The zero-order valence-corrected chi connectivity index (χ0v) is 13.8. The summed E-state index contributed by atoms with van der Waals surface area (Å²) in [4.78, 5) is 20.2. The van der Waals surface area contributed by atoms with Crippen LogP contribution in [0, 0.1) is 0 Å². The van der Waals surface area contributed by atoms with E-state index in [1.54, 1.807) is 12.4 Å². The number of carbonyl (C=O) groups excluding carboxylic acids is 1. The molecule has 0 aliphatic carbocycles. The Kier molecular flexibility index (Phi) is 5.90. The number of amides is 2. The van der Waals surface area contributed by atoms with E-state index in [1.165, 1.54) is 18.3 Å². The zero-order valence-electron chi connectivity index (χ0n) is 13.8. The predicted molar refractivity (Wildman–Crippen MR) is 87.6 cm³/mol. The monoisotopic (exact) mass is 364 g/mol. The smallest absolute Gasteiger partial charge is 0.387 e. The second-order valence-corrected chi connectivity index (χ2v) is 5.66. The molecule has 2 aromatic heterocycles. The van der Waals surface area contributed by atoms with Gasteiger partial charge in [0, 0.05) is 24.6 Å². The standard InChI is InChI=1S/C17H18F2N4O3/c18-16(19)26-13-4-3-12(21-10-13)9-22-17(24)23-14-5-7-25-15(14)11-2-1-6-20-8-11/h1-4,6,8,10,14-16H,5,7,9H2,(H2,22,23,24)/t14-,15+/m1/s1. The van der Waals surface area contributed by atoms with Crippen LogP contribution in [0.25, 0.3) is 0 Å². The summed E-state index contributed by atoms with van der Waals surface area (Å²) in [6.45, 7) is -2.18. The number of hydrogen-bond donors (Lipinski definition) is 2. The van der Waals surface area contributed by atoms with E-state index in [4.69, 9.17) is 4.74 Å². The minimum Gasteiger partial charge on any atom is -0.433 e. The first-order valence-electron chi connectivity index (χ1n) is 8.07. The zero-order chi connectivity index (χ0) is 18.4. The highest BCUT2D eigenvalue weighted by atomic mass is 19.3. The summed E-state index contributed by atoms with van der Waals surface area (Å²) in [5.41, 5.74) is 1.43. The molecule has 0 aromatic carbocycles. The maximum atomic E-state index is 12.1. The molecule has 0 spiro atoms. The summed E-state index contributed by atoms with van der Waals surface area (Å²) in [5.74, 6) is -0.0318.